The van der Waals surface area contributed by atoms with Gasteiger partial charge in [0.1, 0.15) is 0 Å². The van der Waals surface area contributed by atoms with Crippen LogP contribution in [0.25, 0.3) is 0 Å². The summed E-state index contributed by atoms with van der Waals surface area (Å²) in [5.74, 6) is -0.257. The Labute approximate surface area is 93.0 Å². The van der Waals surface area contributed by atoms with Gasteiger partial charge in [-0.05, 0) is 24.6 Å². The number of anilines is 1. The minimum absolute atomic E-state index is 0.0300. The van der Waals surface area contributed by atoms with Gasteiger partial charge in [-0.3, -0.25) is 4.39 Å². The third kappa shape index (κ3) is 3.07. The van der Waals surface area contributed by atoms with Gasteiger partial charge >= 0.3 is 0 Å². The van der Waals surface area contributed by atoms with E-state index < -0.39 is 16.5 Å². The van der Waals surface area contributed by atoms with Crippen LogP contribution in [0.2, 0.25) is 5.02 Å². The number of halogens is 2. The number of alkyl halides is 1. The van der Waals surface area contributed by atoms with E-state index in [0.29, 0.717) is 5.69 Å². The zero-order valence-electron chi connectivity index (χ0n) is 7.91. The number of benzene rings is 1. The zero-order chi connectivity index (χ0) is 11.5. The molecule has 15 heavy (non-hydrogen) atoms. The molecule has 0 aliphatic carbocycles. The molecule has 1 rings (SSSR count). The van der Waals surface area contributed by atoms with Gasteiger partial charge in [0.15, 0.2) is 9.84 Å². The van der Waals surface area contributed by atoms with Gasteiger partial charge in [0.2, 0.25) is 0 Å². The lowest BCUT2D eigenvalue weighted by atomic mass is 10.3. The minimum Gasteiger partial charge on any atom is -0.399 e. The zero-order valence-corrected chi connectivity index (χ0v) is 9.48. The van der Waals surface area contributed by atoms with E-state index in [0.717, 1.165) is 0 Å². The van der Waals surface area contributed by atoms with Gasteiger partial charge in [-0.1, -0.05) is 11.6 Å². The summed E-state index contributed by atoms with van der Waals surface area (Å²) < 4.78 is 35.2. The SMILES string of the molecule is Nc1ccc(Cl)c(S(=O)(=O)CCCF)c1. The number of hydrogen-bond acceptors (Lipinski definition) is 3. The predicted molar refractivity (Wildman–Crippen MR) is 58.5 cm³/mol. The molecule has 0 heterocycles. The van der Waals surface area contributed by atoms with Gasteiger partial charge in [0, 0.05) is 5.69 Å². The summed E-state index contributed by atoms with van der Waals surface area (Å²) in [5.41, 5.74) is 5.77. The van der Waals surface area contributed by atoms with Crippen LogP contribution in [0.1, 0.15) is 6.42 Å². The highest BCUT2D eigenvalue weighted by atomic mass is 35.5. The summed E-state index contributed by atoms with van der Waals surface area (Å²) in [6.45, 7) is -0.667. The smallest absolute Gasteiger partial charge is 0.180 e. The number of nitrogen functional groups attached to an aromatic ring is 1. The summed E-state index contributed by atoms with van der Waals surface area (Å²) in [6.07, 6.45) is -0.0343. The molecule has 84 valence electrons. The first-order valence-electron chi connectivity index (χ1n) is 4.31. The van der Waals surface area contributed by atoms with Crippen LogP contribution < -0.4 is 5.73 Å². The second-order valence-corrected chi connectivity index (χ2v) is 5.54. The topological polar surface area (TPSA) is 60.2 Å². The van der Waals surface area contributed by atoms with E-state index in [2.05, 4.69) is 0 Å². The Hall–Kier alpha value is -0.810. The van der Waals surface area contributed by atoms with Crippen molar-refractivity contribution in [2.45, 2.75) is 11.3 Å². The van der Waals surface area contributed by atoms with Gasteiger partial charge in [0.25, 0.3) is 0 Å². The Balaban J connectivity index is 3.09. The molecule has 1 aromatic rings. The molecule has 0 radical (unpaired) electrons. The third-order valence-electron chi connectivity index (χ3n) is 1.84. The predicted octanol–water partition coefficient (Wildman–Crippen LogP) is 2.06. The molecule has 2 N–H and O–H groups in total. The van der Waals surface area contributed by atoms with E-state index in [1.54, 1.807) is 0 Å². The van der Waals surface area contributed by atoms with E-state index in [1.165, 1.54) is 18.2 Å². The lowest BCUT2D eigenvalue weighted by molar-refractivity contribution is 0.484. The monoisotopic (exact) mass is 251 g/mol. The van der Waals surface area contributed by atoms with E-state index in [9.17, 15) is 12.8 Å². The van der Waals surface area contributed by atoms with Crippen LogP contribution in [0.3, 0.4) is 0 Å². The largest absolute Gasteiger partial charge is 0.399 e. The second kappa shape index (κ2) is 4.81. The molecular weight excluding hydrogens is 241 g/mol. The van der Waals surface area contributed by atoms with Gasteiger partial charge in [-0.15, -0.1) is 0 Å². The first-order valence-corrected chi connectivity index (χ1v) is 6.34. The van der Waals surface area contributed by atoms with Gasteiger partial charge in [-0.2, -0.15) is 0 Å². The molecule has 0 amide bonds. The molecule has 0 aliphatic heterocycles. The molecular formula is C9H11ClFNO2S. The molecule has 0 aliphatic rings. The van der Waals surface area contributed by atoms with Crippen LogP contribution in [0, 0.1) is 0 Å². The molecule has 3 nitrogen and oxygen atoms in total. The molecule has 0 bridgehead atoms. The number of hydrogen-bond donors (Lipinski definition) is 1. The van der Waals surface area contributed by atoms with Crippen LogP contribution in [-0.4, -0.2) is 20.8 Å². The van der Waals surface area contributed by atoms with Crippen molar-refractivity contribution in [1.82, 2.24) is 0 Å². The van der Waals surface area contributed by atoms with E-state index in [1.807, 2.05) is 0 Å². The summed E-state index contributed by atoms with van der Waals surface area (Å²) >= 11 is 5.73. The molecule has 0 unspecified atom stereocenters. The van der Waals surface area contributed by atoms with Crippen molar-refractivity contribution in [3.05, 3.63) is 23.2 Å². The maximum absolute atomic E-state index is 11.9. The average molecular weight is 252 g/mol. The van der Waals surface area contributed by atoms with E-state index in [-0.39, 0.29) is 22.1 Å². The van der Waals surface area contributed by atoms with Crippen molar-refractivity contribution in [3.63, 3.8) is 0 Å². The Kier molecular flexibility index (Phi) is 3.93. The highest BCUT2D eigenvalue weighted by Gasteiger charge is 2.17. The van der Waals surface area contributed by atoms with Crippen molar-refractivity contribution in [2.24, 2.45) is 0 Å². The van der Waals surface area contributed by atoms with Crippen LogP contribution in [-0.2, 0) is 9.84 Å². The fourth-order valence-electron chi connectivity index (χ4n) is 1.11. The Morgan fingerprint density at radius 1 is 1.40 bits per heavy atom. The number of sulfone groups is 1. The standard InChI is InChI=1S/C9H11ClFNO2S/c10-8-3-2-7(12)6-9(8)15(13,14)5-1-4-11/h2-3,6H,1,4-5,12H2. The van der Waals surface area contributed by atoms with Crippen LogP contribution in [0.15, 0.2) is 23.1 Å². The van der Waals surface area contributed by atoms with Gasteiger partial charge in [-0.25, -0.2) is 8.42 Å². The van der Waals surface area contributed by atoms with Gasteiger partial charge < -0.3 is 5.73 Å². The fraction of sp³-hybridized carbons (Fsp3) is 0.333. The summed E-state index contributed by atoms with van der Waals surface area (Å²) in [5, 5.41) is 0.114. The maximum atomic E-state index is 11.9. The quantitative estimate of drug-likeness (QED) is 0.834. The summed E-state index contributed by atoms with van der Waals surface area (Å²) in [4.78, 5) is -0.0300. The highest BCUT2D eigenvalue weighted by Crippen LogP contribution is 2.25. The van der Waals surface area contributed by atoms with Gasteiger partial charge in [0.05, 0.1) is 22.3 Å². The normalized spacial score (nSPS) is 11.6. The second-order valence-electron chi connectivity index (χ2n) is 3.05. The lowest BCUT2D eigenvalue weighted by Crippen LogP contribution is -2.08. The Bertz CT molecular complexity index is 447. The summed E-state index contributed by atoms with van der Waals surface area (Å²) in [7, 11) is -3.53. The van der Waals surface area contributed by atoms with Crippen molar-refractivity contribution < 1.29 is 12.8 Å². The fourth-order valence-corrected chi connectivity index (χ4v) is 2.97. The summed E-state index contributed by atoms with van der Waals surface area (Å²) in [6, 6.07) is 4.21. The van der Waals surface area contributed by atoms with Crippen LogP contribution in [0.4, 0.5) is 10.1 Å². The highest BCUT2D eigenvalue weighted by molar-refractivity contribution is 7.91. The molecule has 0 saturated carbocycles. The van der Waals surface area contributed by atoms with Crippen molar-refractivity contribution >= 4 is 27.1 Å². The molecule has 6 heteroatoms. The average Bonchev–Trinajstić information content (AvgIpc) is 2.18. The minimum atomic E-state index is -3.53. The van der Waals surface area contributed by atoms with Crippen molar-refractivity contribution in [1.29, 1.82) is 0 Å². The Morgan fingerprint density at radius 2 is 2.07 bits per heavy atom. The molecule has 0 aromatic heterocycles. The molecule has 0 fully saturated rings. The lowest BCUT2D eigenvalue weighted by Gasteiger charge is -2.06. The molecule has 0 atom stereocenters. The van der Waals surface area contributed by atoms with Crippen molar-refractivity contribution in [2.75, 3.05) is 18.2 Å². The first kappa shape index (κ1) is 12.3. The Morgan fingerprint density at radius 3 is 2.67 bits per heavy atom. The third-order valence-corrected chi connectivity index (χ3v) is 4.11. The number of rotatable bonds is 4. The van der Waals surface area contributed by atoms with Crippen LogP contribution >= 0.6 is 11.6 Å². The van der Waals surface area contributed by atoms with Crippen molar-refractivity contribution in [3.8, 4) is 0 Å². The maximum Gasteiger partial charge on any atom is 0.180 e. The van der Waals surface area contributed by atoms with Crippen LogP contribution in [0.5, 0.6) is 0 Å². The molecule has 0 saturated heterocycles. The van der Waals surface area contributed by atoms with E-state index in [4.69, 9.17) is 17.3 Å². The molecule has 0 spiro atoms. The number of nitrogens with two attached hydrogens (primary N) is 1. The molecule has 1 aromatic carbocycles. The first-order chi connectivity index (χ1) is 6.97. The van der Waals surface area contributed by atoms with E-state index >= 15 is 0 Å².